The zero-order chi connectivity index (χ0) is 19.4. The molecule has 148 valence electrons. The van der Waals surface area contributed by atoms with Gasteiger partial charge in [-0.15, -0.1) is 0 Å². The summed E-state index contributed by atoms with van der Waals surface area (Å²) < 4.78 is 0. The van der Waals surface area contributed by atoms with E-state index >= 15 is 0 Å². The van der Waals surface area contributed by atoms with Crippen molar-refractivity contribution in [3.05, 3.63) is 35.4 Å². The van der Waals surface area contributed by atoms with Gasteiger partial charge >= 0.3 is 0 Å². The summed E-state index contributed by atoms with van der Waals surface area (Å²) in [7, 11) is 0. The lowest BCUT2D eigenvalue weighted by Gasteiger charge is -2.29. The molecule has 1 aromatic carbocycles. The Kier molecular flexibility index (Phi) is 6.20. The Balaban J connectivity index is 1.69. The summed E-state index contributed by atoms with van der Waals surface area (Å²) in [5.41, 5.74) is 3.51. The largest absolute Gasteiger partial charge is 0.341 e. The van der Waals surface area contributed by atoms with Crippen LogP contribution in [0.15, 0.2) is 24.3 Å². The molecule has 5 heteroatoms. The number of hydrogen-bond donors (Lipinski definition) is 2. The maximum absolute atomic E-state index is 13.2. The molecule has 0 bridgehead atoms. The van der Waals surface area contributed by atoms with Crippen LogP contribution in [0.5, 0.6) is 0 Å². The molecule has 1 saturated heterocycles. The first kappa shape index (κ1) is 19.9. The van der Waals surface area contributed by atoms with Crippen molar-refractivity contribution in [3.8, 4) is 0 Å². The minimum Gasteiger partial charge on any atom is -0.341 e. The summed E-state index contributed by atoms with van der Waals surface area (Å²) in [6.07, 6.45) is 7.49. The summed E-state index contributed by atoms with van der Waals surface area (Å²) in [6.45, 7) is 5.09. The van der Waals surface area contributed by atoms with Gasteiger partial charge in [0.2, 0.25) is 11.8 Å². The van der Waals surface area contributed by atoms with E-state index in [1.165, 1.54) is 24.8 Å². The van der Waals surface area contributed by atoms with Crippen molar-refractivity contribution < 1.29 is 14.8 Å². The number of carbonyl (C=O) groups is 2. The van der Waals surface area contributed by atoms with Crippen molar-refractivity contribution in [2.45, 2.75) is 64.2 Å². The lowest BCUT2D eigenvalue weighted by atomic mass is 9.80. The van der Waals surface area contributed by atoms with Crippen LogP contribution in [0.2, 0.25) is 0 Å². The van der Waals surface area contributed by atoms with Gasteiger partial charge in [0.05, 0.1) is 11.3 Å². The Morgan fingerprint density at radius 2 is 1.93 bits per heavy atom. The number of benzene rings is 1. The van der Waals surface area contributed by atoms with E-state index in [2.05, 4.69) is 0 Å². The molecule has 1 aromatic rings. The SMILES string of the molecule is Cc1ccc(C2(C)CCN(CC(CC3CCCCC3)C(=O)NO)C2=O)cc1. The Labute approximate surface area is 162 Å². The smallest absolute Gasteiger partial charge is 0.248 e. The van der Waals surface area contributed by atoms with E-state index in [1.807, 2.05) is 48.5 Å². The number of likely N-dealkylation sites (tertiary alicyclic amines) is 1. The molecular formula is C22H32N2O3. The van der Waals surface area contributed by atoms with E-state index in [9.17, 15) is 14.8 Å². The van der Waals surface area contributed by atoms with Gasteiger partial charge in [-0.05, 0) is 38.2 Å². The molecule has 1 aliphatic heterocycles. The molecule has 2 unspecified atom stereocenters. The Bertz CT molecular complexity index is 667. The second-order valence-corrected chi connectivity index (χ2v) is 8.61. The Hall–Kier alpha value is -1.88. The molecule has 2 N–H and O–H groups in total. The predicted molar refractivity (Wildman–Crippen MR) is 104 cm³/mol. The van der Waals surface area contributed by atoms with E-state index in [4.69, 9.17) is 0 Å². The van der Waals surface area contributed by atoms with Crippen LogP contribution in [0.25, 0.3) is 0 Å². The first-order valence-corrected chi connectivity index (χ1v) is 10.2. The second kappa shape index (κ2) is 8.42. The number of carbonyl (C=O) groups excluding carboxylic acids is 2. The second-order valence-electron chi connectivity index (χ2n) is 8.61. The average Bonchev–Trinajstić information content (AvgIpc) is 2.97. The highest BCUT2D eigenvalue weighted by Crippen LogP contribution is 2.37. The lowest BCUT2D eigenvalue weighted by Crippen LogP contribution is -2.42. The van der Waals surface area contributed by atoms with Gasteiger partial charge in [0.25, 0.3) is 0 Å². The fourth-order valence-electron chi connectivity index (χ4n) is 4.73. The molecule has 1 saturated carbocycles. The average molecular weight is 373 g/mol. The highest BCUT2D eigenvalue weighted by molar-refractivity contribution is 5.90. The van der Waals surface area contributed by atoms with Crippen LogP contribution in [0.4, 0.5) is 0 Å². The third-order valence-electron chi connectivity index (χ3n) is 6.59. The maximum Gasteiger partial charge on any atom is 0.248 e. The number of hydroxylamine groups is 1. The molecule has 0 aromatic heterocycles. The van der Waals surface area contributed by atoms with Gasteiger partial charge in [0.15, 0.2) is 0 Å². The Morgan fingerprint density at radius 3 is 2.56 bits per heavy atom. The standard InChI is InChI=1S/C22H32N2O3/c1-16-8-10-19(11-9-16)22(2)12-13-24(21(22)26)15-18(20(25)23-27)14-17-6-4-3-5-7-17/h8-11,17-18,27H,3-7,12-15H2,1-2H3,(H,23,25). The van der Waals surface area contributed by atoms with Crippen molar-refractivity contribution in [2.75, 3.05) is 13.1 Å². The van der Waals surface area contributed by atoms with Crippen LogP contribution >= 0.6 is 0 Å². The van der Waals surface area contributed by atoms with Crippen molar-refractivity contribution in [3.63, 3.8) is 0 Å². The number of rotatable bonds is 6. The first-order valence-electron chi connectivity index (χ1n) is 10.2. The number of hydrogen-bond acceptors (Lipinski definition) is 3. The summed E-state index contributed by atoms with van der Waals surface area (Å²) in [4.78, 5) is 27.3. The topological polar surface area (TPSA) is 69.6 Å². The predicted octanol–water partition coefficient (Wildman–Crippen LogP) is 3.58. The zero-order valence-corrected chi connectivity index (χ0v) is 16.5. The van der Waals surface area contributed by atoms with Crippen molar-refractivity contribution in [1.82, 2.24) is 10.4 Å². The van der Waals surface area contributed by atoms with E-state index in [1.54, 1.807) is 0 Å². The van der Waals surface area contributed by atoms with Gasteiger partial charge in [-0.3, -0.25) is 14.8 Å². The molecule has 1 heterocycles. The van der Waals surface area contributed by atoms with Crippen molar-refractivity contribution in [2.24, 2.45) is 11.8 Å². The Morgan fingerprint density at radius 1 is 1.26 bits per heavy atom. The van der Waals surface area contributed by atoms with Gasteiger partial charge in [-0.25, -0.2) is 5.48 Å². The van der Waals surface area contributed by atoms with Crippen molar-refractivity contribution in [1.29, 1.82) is 0 Å². The van der Waals surface area contributed by atoms with Gasteiger partial charge < -0.3 is 4.90 Å². The quantitative estimate of drug-likeness (QED) is 0.592. The van der Waals surface area contributed by atoms with Crippen LogP contribution in [-0.2, 0) is 15.0 Å². The number of nitrogens with zero attached hydrogens (tertiary/aromatic N) is 1. The van der Waals surface area contributed by atoms with E-state index < -0.39 is 5.41 Å². The number of amides is 2. The summed E-state index contributed by atoms with van der Waals surface area (Å²) >= 11 is 0. The number of aryl methyl sites for hydroxylation is 1. The van der Waals surface area contributed by atoms with E-state index in [-0.39, 0.29) is 17.7 Å². The molecule has 0 radical (unpaired) electrons. The molecular weight excluding hydrogens is 340 g/mol. The van der Waals surface area contributed by atoms with Crippen LogP contribution in [0.3, 0.4) is 0 Å². The third-order valence-corrected chi connectivity index (χ3v) is 6.59. The van der Waals surface area contributed by atoms with Crippen LogP contribution in [0, 0.1) is 18.8 Å². The van der Waals surface area contributed by atoms with E-state index in [0.29, 0.717) is 19.0 Å². The minimum atomic E-state index is -0.529. The molecule has 1 aliphatic carbocycles. The summed E-state index contributed by atoms with van der Waals surface area (Å²) in [5, 5.41) is 9.18. The molecule has 2 amide bonds. The molecule has 0 spiro atoms. The highest BCUT2D eigenvalue weighted by Gasteiger charge is 2.45. The van der Waals surface area contributed by atoms with Crippen LogP contribution in [-0.4, -0.2) is 35.0 Å². The van der Waals surface area contributed by atoms with Crippen molar-refractivity contribution >= 4 is 11.8 Å². The maximum atomic E-state index is 13.2. The van der Waals surface area contributed by atoms with Crippen LogP contribution in [0.1, 0.15) is 63.0 Å². The summed E-state index contributed by atoms with van der Waals surface area (Å²) in [6, 6.07) is 8.16. The van der Waals surface area contributed by atoms with Gasteiger partial charge in [0, 0.05) is 13.1 Å². The fourth-order valence-corrected chi connectivity index (χ4v) is 4.73. The van der Waals surface area contributed by atoms with Gasteiger partial charge in [-0.2, -0.15) is 0 Å². The van der Waals surface area contributed by atoms with Gasteiger partial charge in [-0.1, -0.05) is 61.9 Å². The first-order chi connectivity index (χ1) is 12.9. The normalized spacial score (nSPS) is 24.9. The molecule has 2 atom stereocenters. The monoisotopic (exact) mass is 372 g/mol. The third kappa shape index (κ3) is 4.34. The molecule has 5 nitrogen and oxygen atoms in total. The zero-order valence-electron chi connectivity index (χ0n) is 16.5. The fraction of sp³-hybridized carbons (Fsp3) is 0.636. The highest BCUT2D eigenvalue weighted by atomic mass is 16.5. The minimum absolute atomic E-state index is 0.0886. The van der Waals surface area contributed by atoms with E-state index in [0.717, 1.165) is 31.2 Å². The molecule has 2 aliphatic rings. The van der Waals surface area contributed by atoms with Crippen LogP contribution < -0.4 is 5.48 Å². The lowest BCUT2D eigenvalue weighted by molar-refractivity contribution is -0.137. The summed E-state index contributed by atoms with van der Waals surface area (Å²) in [5.74, 6) is -0.104. The molecule has 2 fully saturated rings. The molecule has 27 heavy (non-hydrogen) atoms. The number of nitrogens with one attached hydrogen (secondary N) is 1. The van der Waals surface area contributed by atoms with Gasteiger partial charge in [0.1, 0.15) is 0 Å². The molecule has 3 rings (SSSR count).